The van der Waals surface area contributed by atoms with Crippen molar-refractivity contribution in [3.05, 3.63) is 11.1 Å². The quantitative estimate of drug-likeness (QED) is 0.598. The summed E-state index contributed by atoms with van der Waals surface area (Å²) in [7, 11) is 0. The average molecular weight is 324 g/mol. The van der Waals surface area contributed by atoms with Crippen molar-refractivity contribution in [2.75, 3.05) is 37.6 Å². The molecule has 2 heterocycles. The fourth-order valence-corrected chi connectivity index (χ4v) is 3.30. The molecule has 1 aliphatic rings. The van der Waals surface area contributed by atoms with E-state index in [9.17, 15) is 0 Å². The van der Waals surface area contributed by atoms with E-state index in [1.54, 1.807) is 11.3 Å². The summed E-state index contributed by atoms with van der Waals surface area (Å²) >= 11 is 1.77. The summed E-state index contributed by atoms with van der Waals surface area (Å²) in [5.74, 6) is 1.49. The molecular weight excluding hydrogens is 294 g/mol. The van der Waals surface area contributed by atoms with Gasteiger partial charge < -0.3 is 15.5 Å². The van der Waals surface area contributed by atoms with Gasteiger partial charge in [0.05, 0.1) is 5.69 Å². The van der Waals surface area contributed by atoms with Crippen molar-refractivity contribution in [1.29, 1.82) is 0 Å². The topological polar surface area (TPSA) is 52.6 Å². The van der Waals surface area contributed by atoms with E-state index in [-0.39, 0.29) is 0 Å². The second-order valence-electron chi connectivity index (χ2n) is 6.11. The molecule has 1 aliphatic heterocycles. The van der Waals surface area contributed by atoms with Crippen molar-refractivity contribution in [3.8, 4) is 0 Å². The standard InChI is InChI=1S/C16H29N5S/c1-4-17-15(19-11-13(2)3)18-8-7-14-12-22-16(20-14)21-9-5-6-10-21/h12-13H,4-11H2,1-3H3,(H2,17,18,19). The summed E-state index contributed by atoms with van der Waals surface area (Å²) in [6.45, 7) is 11.4. The Morgan fingerprint density at radius 1 is 1.36 bits per heavy atom. The number of aromatic nitrogens is 1. The summed E-state index contributed by atoms with van der Waals surface area (Å²) in [5, 5.41) is 10.1. The van der Waals surface area contributed by atoms with E-state index in [2.05, 4.69) is 46.7 Å². The van der Waals surface area contributed by atoms with E-state index in [1.165, 1.54) is 23.7 Å². The molecule has 1 fully saturated rings. The van der Waals surface area contributed by atoms with Crippen LogP contribution in [0.2, 0.25) is 0 Å². The van der Waals surface area contributed by atoms with E-state index in [0.717, 1.165) is 45.1 Å². The molecule has 1 aromatic rings. The number of hydrogen-bond acceptors (Lipinski definition) is 4. The second-order valence-corrected chi connectivity index (χ2v) is 6.94. The molecular formula is C16H29N5S. The Kier molecular flexibility index (Phi) is 6.96. The maximum Gasteiger partial charge on any atom is 0.191 e. The minimum absolute atomic E-state index is 0.581. The van der Waals surface area contributed by atoms with Crippen LogP contribution in [0, 0.1) is 5.92 Å². The smallest absolute Gasteiger partial charge is 0.191 e. The van der Waals surface area contributed by atoms with Gasteiger partial charge in [0.15, 0.2) is 11.1 Å². The molecule has 0 bridgehead atoms. The van der Waals surface area contributed by atoms with Crippen LogP contribution < -0.4 is 15.5 Å². The number of nitrogens with zero attached hydrogens (tertiary/aromatic N) is 3. The van der Waals surface area contributed by atoms with Crippen LogP contribution in [0.1, 0.15) is 39.3 Å². The van der Waals surface area contributed by atoms with Crippen LogP contribution >= 0.6 is 11.3 Å². The minimum atomic E-state index is 0.581. The zero-order valence-electron chi connectivity index (χ0n) is 14.1. The Balaban J connectivity index is 1.77. The van der Waals surface area contributed by atoms with Crippen LogP contribution in [0.3, 0.4) is 0 Å². The van der Waals surface area contributed by atoms with E-state index in [1.807, 2.05) is 0 Å². The molecule has 1 saturated heterocycles. The van der Waals surface area contributed by atoms with Gasteiger partial charge in [-0.2, -0.15) is 0 Å². The van der Waals surface area contributed by atoms with Gasteiger partial charge >= 0.3 is 0 Å². The van der Waals surface area contributed by atoms with Crippen molar-refractivity contribution in [1.82, 2.24) is 15.6 Å². The van der Waals surface area contributed by atoms with Gasteiger partial charge in [0.25, 0.3) is 0 Å². The van der Waals surface area contributed by atoms with E-state index in [4.69, 9.17) is 4.98 Å². The van der Waals surface area contributed by atoms with Crippen molar-refractivity contribution in [2.24, 2.45) is 10.9 Å². The normalized spacial score (nSPS) is 15.6. The Labute approximate surface area is 138 Å². The fraction of sp³-hybridized carbons (Fsp3) is 0.750. The molecule has 0 saturated carbocycles. The average Bonchev–Trinajstić information content (AvgIpc) is 3.15. The van der Waals surface area contributed by atoms with Crippen LogP contribution in [0.4, 0.5) is 5.13 Å². The Morgan fingerprint density at radius 3 is 2.82 bits per heavy atom. The Morgan fingerprint density at radius 2 is 2.14 bits per heavy atom. The summed E-state index contributed by atoms with van der Waals surface area (Å²) in [5.41, 5.74) is 1.18. The lowest BCUT2D eigenvalue weighted by molar-refractivity contribution is 0.656. The van der Waals surface area contributed by atoms with Gasteiger partial charge in [-0.25, -0.2) is 4.98 Å². The van der Waals surface area contributed by atoms with Gasteiger partial charge in [0, 0.05) is 44.5 Å². The number of aliphatic imine (C=N–C) groups is 1. The predicted octanol–water partition coefficient (Wildman–Crippen LogP) is 2.50. The summed E-state index contributed by atoms with van der Waals surface area (Å²) in [4.78, 5) is 11.7. The molecule has 22 heavy (non-hydrogen) atoms. The summed E-state index contributed by atoms with van der Waals surface area (Å²) < 4.78 is 0. The number of rotatable bonds is 7. The molecule has 6 heteroatoms. The highest BCUT2D eigenvalue weighted by Gasteiger charge is 2.15. The minimum Gasteiger partial charge on any atom is -0.357 e. The zero-order chi connectivity index (χ0) is 15.8. The van der Waals surface area contributed by atoms with Gasteiger partial charge in [-0.15, -0.1) is 11.3 Å². The molecule has 0 atom stereocenters. The maximum atomic E-state index is 4.75. The lowest BCUT2D eigenvalue weighted by Gasteiger charge is -2.12. The molecule has 0 amide bonds. The Bertz CT molecular complexity index is 463. The monoisotopic (exact) mass is 323 g/mol. The number of guanidine groups is 1. The number of nitrogens with one attached hydrogen (secondary N) is 2. The number of thiazole rings is 1. The summed E-state index contributed by atoms with van der Waals surface area (Å²) in [6, 6.07) is 0. The number of anilines is 1. The molecule has 124 valence electrons. The third kappa shape index (κ3) is 5.48. The molecule has 2 N–H and O–H groups in total. The van der Waals surface area contributed by atoms with Crippen molar-refractivity contribution in [2.45, 2.75) is 40.0 Å². The Hall–Kier alpha value is -1.30. The van der Waals surface area contributed by atoms with Crippen molar-refractivity contribution >= 4 is 22.4 Å². The molecule has 0 unspecified atom stereocenters. The largest absolute Gasteiger partial charge is 0.357 e. The van der Waals surface area contributed by atoms with Gasteiger partial charge in [-0.3, -0.25) is 4.99 Å². The van der Waals surface area contributed by atoms with E-state index in [0.29, 0.717) is 5.92 Å². The first-order valence-corrected chi connectivity index (χ1v) is 9.28. The van der Waals surface area contributed by atoms with Crippen molar-refractivity contribution in [3.63, 3.8) is 0 Å². The lowest BCUT2D eigenvalue weighted by Crippen LogP contribution is -2.38. The highest BCUT2D eigenvalue weighted by Crippen LogP contribution is 2.24. The van der Waals surface area contributed by atoms with E-state index < -0.39 is 0 Å². The predicted molar refractivity (Wildman–Crippen MR) is 96.1 cm³/mol. The molecule has 2 rings (SSSR count). The maximum absolute atomic E-state index is 4.75. The van der Waals surface area contributed by atoms with Crippen LogP contribution in [0.25, 0.3) is 0 Å². The molecule has 0 radical (unpaired) electrons. The van der Waals surface area contributed by atoms with Crippen LogP contribution in [-0.4, -0.2) is 43.7 Å². The molecule has 0 spiro atoms. The molecule has 0 aliphatic carbocycles. The molecule has 1 aromatic heterocycles. The van der Waals surface area contributed by atoms with Gasteiger partial charge in [-0.1, -0.05) is 13.8 Å². The second kappa shape index (κ2) is 8.98. The van der Waals surface area contributed by atoms with Crippen LogP contribution in [0.5, 0.6) is 0 Å². The molecule has 5 nitrogen and oxygen atoms in total. The molecule has 0 aromatic carbocycles. The first-order chi connectivity index (χ1) is 10.7. The van der Waals surface area contributed by atoms with E-state index >= 15 is 0 Å². The first kappa shape index (κ1) is 17.1. The van der Waals surface area contributed by atoms with Gasteiger partial charge in [0.2, 0.25) is 0 Å². The van der Waals surface area contributed by atoms with Gasteiger partial charge in [0.1, 0.15) is 0 Å². The van der Waals surface area contributed by atoms with Gasteiger partial charge in [-0.05, 0) is 25.7 Å². The lowest BCUT2D eigenvalue weighted by atomic mass is 10.2. The highest BCUT2D eigenvalue weighted by atomic mass is 32.1. The zero-order valence-corrected chi connectivity index (χ0v) is 14.9. The van der Waals surface area contributed by atoms with Crippen LogP contribution in [0.15, 0.2) is 10.4 Å². The highest BCUT2D eigenvalue weighted by molar-refractivity contribution is 7.13. The van der Waals surface area contributed by atoms with Crippen molar-refractivity contribution < 1.29 is 0 Å². The first-order valence-electron chi connectivity index (χ1n) is 8.40. The fourth-order valence-electron chi connectivity index (χ4n) is 2.39. The third-order valence-corrected chi connectivity index (χ3v) is 4.50. The summed E-state index contributed by atoms with van der Waals surface area (Å²) in [6.07, 6.45) is 3.54. The SMILES string of the molecule is CCNC(=NCC(C)C)NCCc1csc(N2CCCC2)n1. The third-order valence-electron chi connectivity index (χ3n) is 3.55. The van der Waals surface area contributed by atoms with Crippen LogP contribution in [-0.2, 0) is 6.42 Å². The number of hydrogen-bond donors (Lipinski definition) is 2.